The molecule has 0 spiro atoms. The molecule has 0 radical (unpaired) electrons. The minimum absolute atomic E-state index is 0.0625. The topological polar surface area (TPSA) is 103 Å². The van der Waals surface area contributed by atoms with E-state index in [1.165, 1.54) is 18.7 Å². The average molecular weight is 389 g/mol. The van der Waals surface area contributed by atoms with Gasteiger partial charge in [0, 0.05) is 18.6 Å². The molecule has 2 heterocycles. The number of ether oxygens (including phenoxy) is 1. The Morgan fingerprint density at radius 2 is 1.83 bits per heavy atom. The minimum atomic E-state index is -0.697. The minimum Gasteiger partial charge on any atom is -0.423 e. The smallest absolute Gasteiger partial charge is 0.333 e. The Hall–Kier alpha value is -2.79. The highest BCUT2D eigenvalue weighted by molar-refractivity contribution is 9.10. The van der Waals surface area contributed by atoms with Gasteiger partial charge in [0.1, 0.15) is 11.6 Å². The summed E-state index contributed by atoms with van der Waals surface area (Å²) in [5, 5.41) is 9.50. The third-order valence-corrected chi connectivity index (χ3v) is 4.55. The second-order valence-corrected chi connectivity index (χ2v) is 6.32. The number of fused-ring (bicyclic) bond motifs is 1. The molecule has 1 atom stereocenters. The van der Waals surface area contributed by atoms with Crippen LogP contribution in [0.5, 0.6) is 5.88 Å². The van der Waals surface area contributed by atoms with Crippen LogP contribution in [-0.4, -0.2) is 9.13 Å². The fraction of sp³-hybridized carbons (Fsp3) is 0.188. The van der Waals surface area contributed by atoms with Gasteiger partial charge >= 0.3 is 5.69 Å². The Bertz CT molecular complexity index is 1030. The van der Waals surface area contributed by atoms with Crippen molar-refractivity contribution in [2.75, 3.05) is 0 Å². The maximum absolute atomic E-state index is 12.7. The fourth-order valence-electron chi connectivity index (χ4n) is 2.78. The van der Waals surface area contributed by atoms with Crippen LogP contribution in [0.1, 0.15) is 17.0 Å². The van der Waals surface area contributed by atoms with Crippen LogP contribution in [0.25, 0.3) is 0 Å². The molecule has 0 saturated carbocycles. The summed E-state index contributed by atoms with van der Waals surface area (Å²) in [4.78, 5) is 24.8. The lowest BCUT2D eigenvalue weighted by Gasteiger charge is -2.27. The van der Waals surface area contributed by atoms with Crippen molar-refractivity contribution in [3.63, 3.8) is 0 Å². The Labute approximate surface area is 145 Å². The predicted molar refractivity (Wildman–Crippen MR) is 90.4 cm³/mol. The summed E-state index contributed by atoms with van der Waals surface area (Å²) in [5.41, 5.74) is 5.89. The van der Waals surface area contributed by atoms with Crippen molar-refractivity contribution in [1.29, 1.82) is 5.26 Å². The average Bonchev–Trinajstić information content (AvgIpc) is 2.57. The van der Waals surface area contributed by atoms with Gasteiger partial charge in [0.05, 0.1) is 11.5 Å². The zero-order valence-corrected chi connectivity index (χ0v) is 14.5. The summed E-state index contributed by atoms with van der Waals surface area (Å²) in [5.74, 6) is -0.744. The van der Waals surface area contributed by atoms with E-state index in [0.717, 1.165) is 9.04 Å². The SMILES string of the molecule is Cn1c2c(c(=O)n(C)c1=O)C(c1ccc(Br)cc1)C(C#N)=C(N)O2. The van der Waals surface area contributed by atoms with Gasteiger partial charge in [-0.25, -0.2) is 4.79 Å². The molecule has 3 rings (SSSR count). The lowest BCUT2D eigenvalue weighted by Crippen LogP contribution is -2.42. The van der Waals surface area contributed by atoms with Crippen molar-refractivity contribution in [2.45, 2.75) is 5.92 Å². The number of aromatic nitrogens is 2. The van der Waals surface area contributed by atoms with E-state index in [-0.39, 0.29) is 22.9 Å². The van der Waals surface area contributed by atoms with E-state index in [1.54, 1.807) is 12.1 Å². The number of halogens is 1. The van der Waals surface area contributed by atoms with E-state index < -0.39 is 17.2 Å². The first-order valence-electron chi connectivity index (χ1n) is 6.99. The maximum Gasteiger partial charge on any atom is 0.333 e. The number of hydrogen-bond acceptors (Lipinski definition) is 5. The van der Waals surface area contributed by atoms with Crippen molar-refractivity contribution in [1.82, 2.24) is 9.13 Å². The van der Waals surface area contributed by atoms with Gasteiger partial charge < -0.3 is 10.5 Å². The lowest BCUT2D eigenvalue weighted by molar-refractivity contribution is 0.348. The van der Waals surface area contributed by atoms with Gasteiger partial charge in [-0.1, -0.05) is 28.1 Å². The molecule has 1 aromatic carbocycles. The first-order chi connectivity index (χ1) is 11.4. The molecule has 1 aliphatic heterocycles. The zero-order valence-electron chi connectivity index (χ0n) is 12.9. The van der Waals surface area contributed by atoms with Crippen LogP contribution in [0.15, 0.2) is 49.8 Å². The van der Waals surface area contributed by atoms with Crippen LogP contribution in [0, 0.1) is 11.3 Å². The van der Waals surface area contributed by atoms with E-state index >= 15 is 0 Å². The standard InChI is InChI=1S/C16H13BrN4O3/c1-20-14(22)12-11(8-3-5-9(17)6-4-8)10(7-18)13(19)24-15(12)21(2)16(20)23/h3-6,11H,19H2,1-2H3. The van der Waals surface area contributed by atoms with E-state index in [2.05, 4.69) is 15.9 Å². The number of rotatable bonds is 1. The number of allylic oxidation sites excluding steroid dienone is 1. The van der Waals surface area contributed by atoms with Gasteiger partial charge in [-0.3, -0.25) is 13.9 Å². The molecule has 0 amide bonds. The second kappa shape index (κ2) is 5.69. The molecule has 24 heavy (non-hydrogen) atoms. The van der Waals surface area contributed by atoms with Crippen LogP contribution in [0.4, 0.5) is 0 Å². The predicted octanol–water partition coefficient (Wildman–Crippen LogP) is 1.06. The van der Waals surface area contributed by atoms with Crippen LogP contribution >= 0.6 is 15.9 Å². The first-order valence-corrected chi connectivity index (χ1v) is 7.79. The van der Waals surface area contributed by atoms with E-state index in [9.17, 15) is 14.9 Å². The lowest BCUT2D eigenvalue weighted by atomic mass is 9.85. The summed E-state index contributed by atoms with van der Waals surface area (Å²) in [6.07, 6.45) is 0. The van der Waals surface area contributed by atoms with Gasteiger partial charge in [0.2, 0.25) is 11.8 Å². The van der Waals surface area contributed by atoms with Gasteiger partial charge in [0.15, 0.2) is 0 Å². The molecule has 0 bridgehead atoms. The Balaban J connectivity index is 2.41. The summed E-state index contributed by atoms with van der Waals surface area (Å²) in [6.45, 7) is 0. The molecule has 8 heteroatoms. The number of nitrogens with two attached hydrogens (primary N) is 1. The van der Waals surface area contributed by atoms with Gasteiger partial charge in [-0.05, 0) is 17.7 Å². The first kappa shape index (κ1) is 16.1. The second-order valence-electron chi connectivity index (χ2n) is 5.40. The number of hydrogen-bond donors (Lipinski definition) is 1. The van der Waals surface area contributed by atoms with Crippen molar-refractivity contribution < 1.29 is 4.74 Å². The monoisotopic (exact) mass is 388 g/mol. The van der Waals surface area contributed by atoms with Gasteiger partial charge in [-0.15, -0.1) is 0 Å². The van der Waals surface area contributed by atoms with Crippen molar-refractivity contribution in [3.05, 3.63) is 72.2 Å². The highest BCUT2D eigenvalue weighted by Gasteiger charge is 2.35. The Morgan fingerprint density at radius 3 is 2.42 bits per heavy atom. The molecule has 0 saturated heterocycles. The van der Waals surface area contributed by atoms with Crippen LogP contribution in [-0.2, 0) is 14.1 Å². The number of nitrogens with zero attached hydrogens (tertiary/aromatic N) is 3. The highest BCUT2D eigenvalue weighted by atomic mass is 79.9. The molecule has 0 aliphatic carbocycles. The molecule has 0 fully saturated rings. The molecule has 2 aromatic rings. The van der Waals surface area contributed by atoms with Crippen molar-refractivity contribution in [2.24, 2.45) is 19.8 Å². The molecule has 122 valence electrons. The summed E-state index contributed by atoms with van der Waals surface area (Å²) in [6, 6.07) is 9.22. The molecule has 7 nitrogen and oxygen atoms in total. The largest absolute Gasteiger partial charge is 0.423 e. The summed E-state index contributed by atoms with van der Waals surface area (Å²) >= 11 is 3.35. The number of benzene rings is 1. The van der Waals surface area contributed by atoms with E-state index in [1.807, 2.05) is 18.2 Å². The van der Waals surface area contributed by atoms with Gasteiger partial charge in [-0.2, -0.15) is 5.26 Å². The summed E-state index contributed by atoms with van der Waals surface area (Å²) < 4.78 is 8.50. The van der Waals surface area contributed by atoms with E-state index in [4.69, 9.17) is 10.5 Å². The van der Waals surface area contributed by atoms with Crippen molar-refractivity contribution >= 4 is 15.9 Å². The van der Waals surface area contributed by atoms with E-state index in [0.29, 0.717) is 5.56 Å². The van der Waals surface area contributed by atoms with Crippen LogP contribution < -0.4 is 21.7 Å². The molecular weight excluding hydrogens is 376 g/mol. The molecule has 1 unspecified atom stereocenters. The Kier molecular flexibility index (Phi) is 3.81. The zero-order chi connectivity index (χ0) is 17.6. The fourth-order valence-corrected chi connectivity index (χ4v) is 3.04. The van der Waals surface area contributed by atoms with Crippen LogP contribution in [0.3, 0.4) is 0 Å². The third kappa shape index (κ3) is 2.25. The maximum atomic E-state index is 12.7. The molecule has 2 N–H and O–H groups in total. The number of nitriles is 1. The van der Waals surface area contributed by atoms with Gasteiger partial charge in [0.25, 0.3) is 5.56 Å². The summed E-state index contributed by atoms with van der Waals surface area (Å²) in [7, 11) is 2.88. The Morgan fingerprint density at radius 1 is 1.21 bits per heavy atom. The highest BCUT2D eigenvalue weighted by Crippen LogP contribution is 2.39. The molecule has 1 aromatic heterocycles. The van der Waals surface area contributed by atoms with Crippen molar-refractivity contribution in [3.8, 4) is 11.9 Å². The van der Waals surface area contributed by atoms with Crippen LogP contribution in [0.2, 0.25) is 0 Å². The quantitative estimate of drug-likeness (QED) is 0.786. The third-order valence-electron chi connectivity index (χ3n) is 4.02. The molecular formula is C16H13BrN4O3. The molecule has 1 aliphatic rings. The normalized spacial score (nSPS) is 16.3.